The minimum Gasteiger partial charge on any atom is -0.493 e. The van der Waals surface area contributed by atoms with Gasteiger partial charge in [-0.2, -0.15) is 0 Å². The van der Waals surface area contributed by atoms with E-state index < -0.39 is 12.5 Å². The molecular formula is C37H48N4O8. The molecule has 6 rings (SSSR count). The van der Waals surface area contributed by atoms with E-state index in [4.69, 9.17) is 28.4 Å². The lowest BCUT2D eigenvalue weighted by Crippen LogP contribution is -2.45. The lowest BCUT2D eigenvalue weighted by Gasteiger charge is -2.30. The van der Waals surface area contributed by atoms with E-state index in [1.807, 2.05) is 37.5 Å². The van der Waals surface area contributed by atoms with Gasteiger partial charge in [0.05, 0.1) is 74.2 Å². The molecule has 4 aliphatic rings. The Morgan fingerprint density at radius 1 is 0.694 bits per heavy atom. The maximum Gasteiger partial charge on any atom is 0.256 e. The molecule has 2 fully saturated rings. The van der Waals surface area contributed by atoms with Crippen molar-refractivity contribution in [1.29, 1.82) is 0 Å². The van der Waals surface area contributed by atoms with Gasteiger partial charge < -0.3 is 48.9 Å². The zero-order valence-corrected chi connectivity index (χ0v) is 29.3. The normalized spacial score (nSPS) is 22.9. The molecule has 0 radical (unpaired) electrons. The van der Waals surface area contributed by atoms with E-state index >= 15 is 0 Å². The SMILES string of the molecule is C=C1CC2C(OC(C)C)Nc3cc(OCCCOc4cc5c(cc4OC)C(=O)N4CC(=C)CC4C(OC(C)C)N5)c(OC)cc3C(=O)N2C1. The molecule has 4 unspecified atom stereocenters. The van der Waals surface area contributed by atoms with Crippen molar-refractivity contribution < 1.29 is 38.0 Å². The predicted molar refractivity (Wildman–Crippen MR) is 186 cm³/mol. The number of nitrogens with zero attached hydrogens (tertiary/aromatic N) is 2. The highest BCUT2D eigenvalue weighted by atomic mass is 16.5. The van der Waals surface area contributed by atoms with Crippen LogP contribution in [-0.2, 0) is 9.47 Å². The Kier molecular flexibility index (Phi) is 9.99. The van der Waals surface area contributed by atoms with Crippen molar-refractivity contribution in [3.05, 3.63) is 59.7 Å². The number of hydrogen-bond acceptors (Lipinski definition) is 10. The average molecular weight is 677 g/mol. The van der Waals surface area contributed by atoms with Crippen LogP contribution < -0.4 is 29.6 Å². The lowest BCUT2D eigenvalue weighted by atomic mass is 10.1. The molecule has 2 saturated heterocycles. The second-order valence-corrected chi connectivity index (χ2v) is 13.6. The number of rotatable bonds is 12. The van der Waals surface area contributed by atoms with E-state index in [0.717, 1.165) is 11.1 Å². The minimum absolute atomic E-state index is 0.0407. The van der Waals surface area contributed by atoms with Gasteiger partial charge in [-0.3, -0.25) is 9.59 Å². The summed E-state index contributed by atoms with van der Waals surface area (Å²) in [6.45, 7) is 17.8. The quantitative estimate of drug-likeness (QED) is 0.222. The molecule has 0 spiro atoms. The van der Waals surface area contributed by atoms with Crippen LogP contribution in [-0.4, -0.2) is 98.9 Å². The van der Waals surface area contributed by atoms with Gasteiger partial charge in [0.1, 0.15) is 12.5 Å². The van der Waals surface area contributed by atoms with E-state index in [9.17, 15) is 9.59 Å². The van der Waals surface area contributed by atoms with Gasteiger partial charge >= 0.3 is 0 Å². The van der Waals surface area contributed by atoms with Crippen LogP contribution in [0.2, 0.25) is 0 Å². The molecule has 0 aromatic heterocycles. The molecular weight excluding hydrogens is 628 g/mol. The fraction of sp³-hybridized carbons (Fsp3) is 0.514. The van der Waals surface area contributed by atoms with Crippen molar-refractivity contribution in [2.45, 2.75) is 83.7 Å². The zero-order chi connectivity index (χ0) is 35.0. The summed E-state index contributed by atoms with van der Waals surface area (Å²) in [5.41, 5.74) is 4.25. The van der Waals surface area contributed by atoms with Crippen molar-refractivity contribution in [3.8, 4) is 23.0 Å². The van der Waals surface area contributed by atoms with E-state index in [2.05, 4.69) is 23.8 Å². The summed E-state index contributed by atoms with van der Waals surface area (Å²) in [6.07, 6.45) is 1.00. The Morgan fingerprint density at radius 2 is 1.10 bits per heavy atom. The van der Waals surface area contributed by atoms with Crippen LogP contribution in [0.3, 0.4) is 0 Å². The molecule has 4 heterocycles. The molecule has 0 bridgehead atoms. The third-order valence-corrected chi connectivity index (χ3v) is 9.11. The number of carbonyl (C=O) groups is 2. The number of hydrogen-bond donors (Lipinski definition) is 2. The van der Waals surface area contributed by atoms with Crippen LogP contribution in [0.15, 0.2) is 48.6 Å². The summed E-state index contributed by atoms with van der Waals surface area (Å²) in [7, 11) is 3.11. The van der Waals surface area contributed by atoms with Crippen LogP contribution in [0.1, 0.15) is 67.7 Å². The molecule has 12 heteroatoms. The van der Waals surface area contributed by atoms with Gasteiger partial charge in [0.2, 0.25) is 0 Å². The Labute approximate surface area is 288 Å². The Bertz CT molecular complexity index is 1510. The van der Waals surface area contributed by atoms with Gasteiger partial charge in [-0.1, -0.05) is 24.3 Å². The Morgan fingerprint density at radius 3 is 1.47 bits per heavy atom. The molecule has 0 saturated carbocycles. The van der Waals surface area contributed by atoms with E-state index in [-0.39, 0.29) is 36.1 Å². The Balaban J connectivity index is 1.14. The number of nitrogens with one attached hydrogen (secondary N) is 2. The molecule has 4 aliphatic heterocycles. The first-order chi connectivity index (χ1) is 23.5. The standard InChI is InChI=1S/C37H48N4O8/c1-20(2)48-34-28-12-22(5)18-40(28)36(42)24-14-30(44-7)32(16-26(24)38-34)46-10-9-11-47-33-17-27-25(15-31(33)45-8)37(43)41-19-23(6)13-29(41)35(39-27)49-21(3)4/h14-17,20-21,28-29,34-35,38-39H,5-6,9-13,18-19H2,1-4,7-8H3. The summed E-state index contributed by atoms with van der Waals surface area (Å²) < 4.78 is 36.1. The fourth-order valence-electron chi connectivity index (χ4n) is 6.97. The molecule has 2 amide bonds. The molecule has 2 aromatic carbocycles. The highest BCUT2D eigenvalue weighted by Gasteiger charge is 2.43. The first-order valence-corrected chi connectivity index (χ1v) is 17.0. The predicted octanol–water partition coefficient (Wildman–Crippen LogP) is 5.45. The van der Waals surface area contributed by atoms with Crippen molar-refractivity contribution in [3.63, 3.8) is 0 Å². The first kappa shape index (κ1) is 34.4. The molecule has 264 valence electrons. The molecule has 2 N–H and O–H groups in total. The number of anilines is 2. The second-order valence-electron chi connectivity index (χ2n) is 13.6. The van der Waals surface area contributed by atoms with Gasteiger partial charge in [-0.15, -0.1) is 0 Å². The molecule has 2 aromatic rings. The summed E-state index contributed by atoms with van der Waals surface area (Å²) in [4.78, 5) is 30.9. The molecule has 12 nitrogen and oxygen atoms in total. The smallest absolute Gasteiger partial charge is 0.256 e. The molecule has 0 aliphatic carbocycles. The summed E-state index contributed by atoms with van der Waals surface area (Å²) >= 11 is 0. The third-order valence-electron chi connectivity index (χ3n) is 9.11. The second kappa shape index (κ2) is 14.2. The maximum atomic E-state index is 13.6. The number of amides is 2. The summed E-state index contributed by atoms with van der Waals surface area (Å²) in [5.74, 6) is 1.72. The highest BCUT2D eigenvalue weighted by molar-refractivity contribution is 6.02. The van der Waals surface area contributed by atoms with Gasteiger partial charge in [0, 0.05) is 31.6 Å². The number of ether oxygens (including phenoxy) is 6. The van der Waals surface area contributed by atoms with Crippen LogP contribution in [0.4, 0.5) is 11.4 Å². The van der Waals surface area contributed by atoms with Gasteiger partial charge in [0.15, 0.2) is 23.0 Å². The lowest BCUT2D eigenvalue weighted by molar-refractivity contribution is -0.0145. The fourth-order valence-corrected chi connectivity index (χ4v) is 6.97. The minimum atomic E-state index is -0.400. The largest absolute Gasteiger partial charge is 0.493 e. The van der Waals surface area contributed by atoms with Crippen LogP contribution in [0.25, 0.3) is 0 Å². The van der Waals surface area contributed by atoms with Crippen molar-refractivity contribution >= 4 is 23.2 Å². The number of fused-ring (bicyclic) bond motifs is 4. The van der Waals surface area contributed by atoms with E-state index in [1.165, 1.54) is 0 Å². The van der Waals surface area contributed by atoms with Gasteiger partial charge in [-0.05, 0) is 52.7 Å². The number of carbonyl (C=O) groups excluding carboxylic acids is 2. The first-order valence-electron chi connectivity index (χ1n) is 17.0. The van der Waals surface area contributed by atoms with Gasteiger partial charge in [-0.25, -0.2) is 0 Å². The van der Waals surface area contributed by atoms with Crippen molar-refractivity contribution in [2.75, 3.05) is 51.2 Å². The number of methoxy groups -OCH3 is 2. The average Bonchev–Trinajstić information content (AvgIpc) is 3.60. The number of benzene rings is 2. The van der Waals surface area contributed by atoms with Crippen LogP contribution in [0.5, 0.6) is 23.0 Å². The molecule has 4 atom stereocenters. The van der Waals surface area contributed by atoms with Crippen LogP contribution >= 0.6 is 0 Å². The summed E-state index contributed by atoms with van der Waals surface area (Å²) in [6, 6.07) is 6.72. The maximum absolute atomic E-state index is 13.6. The summed E-state index contributed by atoms with van der Waals surface area (Å²) in [5, 5.41) is 6.91. The monoisotopic (exact) mass is 676 g/mol. The topological polar surface area (TPSA) is 120 Å². The molecule has 49 heavy (non-hydrogen) atoms. The third kappa shape index (κ3) is 7.02. The van der Waals surface area contributed by atoms with Crippen molar-refractivity contribution in [1.82, 2.24) is 9.80 Å². The van der Waals surface area contributed by atoms with Crippen LogP contribution in [0, 0.1) is 0 Å². The highest BCUT2D eigenvalue weighted by Crippen LogP contribution is 2.41. The zero-order valence-electron chi connectivity index (χ0n) is 29.3. The van der Waals surface area contributed by atoms with Gasteiger partial charge in [0.25, 0.3) is 11.8 Å². The van der Waals surface area contributed by atoms with E-state index in [0.29, 0.717) is 91.1 Å². The Hall–Kier alpha value is -4.42. The van der Waals surface area contributed by atoms with E-state index in [1.54, 1.807) is 38.5 Å². The van der Waals surface area contributed by atoms with Crippen molar-refractivity contribution in [2.24, 2.45) is 0 Å².